The highest BCUT2D eigenvalue weighted by Gasteiger charge is 2.31. The fourth-order valence-electron chi connectivity index (χ4n) is 6.00. The van der Waals surface area contributed by atoms with E-state index in [9.17, 15) is 9.59 Å². The highest BCUT2D eigenvalue weighted by molar-refractivity contribution is 6.33. The van der Waals surface area contributed by atoms with Gasteiger partial charge in [0.1, 0.15) is 11.6 Å². The summed E-state index contributed by atoms with van der Waals surface area (Å²) in [6.07, 6.45) is 3.85. The molecule has 3 aromatic rings. The van der Waals surface area contributed by atoms with Gasteiger partial charge in [0.05, 0.1) is 28.8 Å². The van der Waals surface area contributed by atoms with Crippen molar-refractivity contribution in [2.24, 2.45) is 0 Å². The molecular formula is C31H39ClN6O3. The van der Waals surface area contributed by atoms with Gasteiger partial charge in [-0.3, -0.25) is 4.79 Å². The van der Waals surface area contributed by atoms with E-state index in [1.54, 1.807) is 9.47 Å². The number of halogens is 1. The number of hydrogen-bond acceptors (Lipinski definition) is 7. The summed E-state index contributed by atoms with van der Waals surface area (Å²) < 4.78 is 7.58. The van der Waals surface area contributed by atoms with Crippen LogP contribution in [0.2, 0.25) is 5.02 Å². The maximum Gasteiger partial charge on any atom is 0.355 e. The number of nitrogens with zero attached hydrogens (tertiary/aromatic N) is 6. The largest absolute Gasteiger partial charge is 0.375 e. The summed E-state index contributed by atoms with van der Waals surface area (Å²) in [7, 11) is 0. The molecule has 4 heterocycles. The first kappa shape index (κ1) is 29.1. The lowest BCUT2D eigenvalue weighted by atomic mass is 10.0. The summed E-state index contributed by atoms with van der Waals surface area (Å²) in [5, 5.41) is 1.22. The normalized spacial score (nSPS) is 19.6. The van der Waals surface area contributed by atoms with Crippen molar-refractivity contribution in [1.82, 2.24) is 19.4 Å². The maximum absolute atomic E-state index is 14.1. The topological polar surface area (TPSA) is 83.8 Å². The van der Waals surface area contributed by atoms with Crippen molar-refractivity contribution in [3.8, 4) is 5.69 Å². The number of carbonyl (C=O) groups excluding carboxylic acids is 1. The highest BCUT2D eigenvalue weighted by atomic mass is 35.5. The summed E-state index contributed by atoms with van der Waals surface area (Å²) in [6.45, 7) is 15.4. The number of para-hydroxylation sites is 1. The van der Waals surface area contributed by atoms with E-state index >= 15 is 0 Å². The van der Waals surface area contributed by atoms with Gasteiger partial charge in [-0.05, 0) is 49.5 Å². The molecule has 9 nitrogen and oxygen atoms in total. The number of carbonyl (C=O) groups is 1. The quantitative estimate of drug-likeness (QED) is 0.384. The smallest absolute Gasteiger partial charge is 0.355 e. The molecule has 0 radical (unpaired) electrons. The van der Waals surface area contributed by atoms with Crippen LogP contribution < -0.4 is 15.5 Å². The Balaban J connectivity index is 1.74. The molecule has 2 saturated heterocycles. The summed E-state index contributed by atoms with van der Waals surface area (Å²) in [4.78, 5) is 42.2. The highest BCUT2D eigenvalue weighted by Crippen LogP contribution is 2.35. The van der Waals surface area contributed by atoms with Gasteiger partial charge >= 0.3 is 5.69 Å². The van der Waals surface area contributed by atoms with Gasteiger partial charge in [-0.25, -0.2) is 14.3 Å². The zero-order chi connectivity index (χ0) is 29.3. The van der Waals surface area contributed by atoms with Crippen molar-refractivity contribution < 1.29 is 9.53 Å². The molecule has 2 aromatic heterocycles. The molecule has 0 bridgehead atoms. The molecule has 0 N–H and O–H groups in total. The second kappa shape index (κ2) is 12.2. The molecule has 0 saturated carbocycles. The van der Waals surface area contributed by atoms with Crippen molar-refractivity contribution in [2.45, 2.75) is 59.1 Å². The number of amides is 1. The number of ether oxygens (including phenoxy) is 1. The van der Waals surface area contributed by atoms with Crippen LogP contribution in [0, 0.1) is 0 Å². The Labute approximate surface area is 246 Å². The van der Waals surface area contributed by atoms with Crippen LogP contribution in [0.5, 0.6) is 0 Å². The van der Waals surface area contributed by atoms with Gasteiger partial charge in [-0.2, -0.15) is 4.98 Å². The third-order valence-corrected chi connectivity index (χ3v) is 8.53. The Morgan fingerprint density at radius 2 is 1.83 bits per heavy atom. The number of fused-ring (bicyclic) bond motifs is 1. The van der Waals surface area contributed by atoms with E-state index in [0.717, 1.165) is 36.1 Å². The van der Waals surface area contributed by atoms with Crippen LogP contribution in [-0.4, -0.2) is 76.8 Å². The minimum Gasteiger partial charge on any atom is -0.375 e. The third kappa shape index (κ3) is 5.45. The van der Waals surface area contributed by atoms with Crippen molar-refractivity contribution in [3.05, 3.63) is 63.6 Å². The van der Waals surface area contributed by atoms with Crippen LogP contribution in [0.3, 0.4) is 0 Å². The average molecular weight is 579 g/mol. The zero-order valence-corrected chi connectivity index (χ0v) is 25.2. The lowest BCUT2D eigenvalue weighted by Crippen LogP contribution is -2.54. The molecule has 2 aliphatic heterocycles. The Hall–Kier alpha value is -3.43. The molecule has 2 fully saturated rings. The van der Waals surface area contributed by atoms with Crippen LogP contribution in [-0.2, 0) is 22.4 Å². The predicted molar refractivity (Wildman–Crippen MR) is 165 cm³/mol. The van der Waals surface area contributed by atoms with Gasteiger partial charge in [0.25, 0.3) is 0 Å². The molecule has 1 aromatic carbocycles. The molecular weight excluding hydrogens is 540 g/mol. The number of aromatic nitrogens is 3. The van der Waals surface area contributed by atoms with E-state index in [0.29, 0.717) is 67.0 Å². The number of morpholine rings is 1. The first-order valence-electron chi connectivity index (χ1n) is 14.6. The Kier molecular flexibility index (Phi) is 8.66. The molecule has 1 amide bonds. The Morgan fingerprint density at radius 1 is 1.10 bits per heavy atom. The van der Waals surface area contributed by atoms with E-state index in [2.05, 4.69) is 54.3 Å². The Bertz CT molecular complexity index is 1500. The summed E-state index contributed by atoms with van der Waals surface area (Å²) in [5.41, 5.74) is 3.11. The van der Waals surface area contributed by atoms with Crippen LogP contribution in [0.15, 0.2) is 41.7 Å². The Morgan fingerprint density at radius 3 is 2.46 bits per heavy atom. The molecule has 0 spiro atoms. The molecule has 2 atom stereocenters. The van der Waals surface area contributed by atoms with Gasteiger partial charge in [-0.15, -0.1) is 0 Å². The zero-order valence-electron chi connectivity index (χ0n) is 24.4. The molecule has 0 aliphatic carbocycles. The molecule has 41 heavy (non-hydrogen) atoms. The molecule has 2 aliphatic rings. The number of piperazine rings is 1. The van der Waals surface area contributed by atoms with Gasteiger partial charge in [0, 0.05) is 38.8 Å². The number of benzene rings is 1. The lowest BCUT2D eigenvalue weighted by molar-refractivity contribution is -0.126. The summed E-state index contributed by atoms with van der Waals surface area (Å²) in [5.74, 6) is 1.09. The molecule has 218 valence electrons. The summed E-state index contributed by atoms with van der Waals surface area (Å²) >= 11 is 6.97. The van der Waals surface area contributed by atoms with E-state index in [1.807, 2.05) is 19.1 Å². The lowest BCUT2D eigenvalue weighted by Gasteiger charge is -2.40. The van der Waals surface area contributed by atoms with Crippen LogP contribution in [0.25, 0.3) is 16.7 Å². The van der Waals surface area contributed by atoms with E-state index in [-0.39, 0.29) is 23.7 Å². The summed E-state index contributed by atoms with van der Waals surface area (Å²) in [6, 6.07) is 7.99. The first-order valence-corrected chi connectivity index (χ1v) is 15.0. The number of pyridine rings is 1. The van der Waals surface area contributed by atoms with Gasteiger partial charge in [0.2, 0.25) is 5.91 Å². The van der Waals surface area contributed by atoms with E-state index in [1.165, 1.54) is 6.08 Å². The van der Waals surface area contributed by atoms with Crippen molar-refractivity contribution >= 4 is 40.2 Å². The fraction of sp³-hybridized carbons (Fsp3) is 0.484. The first-order chi connectivity index (χ1) is 19.8. The number of aryl methyl sites for hydroxylation is 2. The second-order valence-corrected chi connectivity index (χ2v) is 11.1. The number of rotatable bonds is 7. The molecule has 2 unspecified atom stereocenters. The number of hydrogen-bond donors (Lipinski definition) is 0. The number of anilines is 2. The second-order valence-electron chi connectivity index (χ2n) is 10.7. The molecule has 10 heteroatoms. The van der Waals surface area contributed by atoms with Crippen molar-refractivity contribution in [1.29, 1.82) is 0 Å². The van der Waals surface area contributed by atoms with Crippen molar-refractivity contribution in [3.63, 3.8) is 0 Å². The van der Waals surface area contributed by atoms with Crippen LogP contribution in [0.1, 0.15) is 45.2 Å². The standard InChI is InChI=1S/C31H39ClN6O3/c1-6-21-11-10-12-22(7-2)27(21)38-29-24(17-25(32)30(33-29)36-15-16-41-23(8-3)19-36)28(34-31(38)40)37-14-13-35(18-20(37)5)26(39)9-4/h9-12,17,20,23H,4,6-8,13-16,18-19H2,1-3,5H3. The van der Waals surface area contributed by atoms with Crippen LogP contribution >= 0.6 is 11.6 Å². The maximum atomic E-state index is 14.1. The minimum atomic E-state index is -0.380. The minimum absolute atomic E-state index is 0.0734. The monoisotopic (exact) mass is 578 g/mol. The van der Waals surface area contributed by atoms with E-state index in [4.69, 9.17) is 21.3 Å². The van der Waals surface area contributed by atoms with Gasteiger partial charge < -0.3 is 19.4 Å². The van der Waals surface area contributed by atoms with Gasteiger partial charge in [-0.1, -0.05) is 57.2 Å². The van der Waals surface area contributed by atoms with E-state index < -0.39 is 0 Å². The SMILES string of the molecule is C=CC(=O)N1CCN(c2nc(=O)n(-c3c(CC)cccc3CC)c3nc(N4CCOC(CC)C4)c(Cl)cc23)C(C)C1. The van der Waals surface area contributed by atoms with Gasteiger partial charge in [0.15, 0.2) is 5.65 Å². The predicted octanol–water partition coefficient (Wildman–Crippen LogP) is 4.40. The fourth-order valence-corrected chi connectivity index (χ4v) is 6.27. The van der Waals surface area contributed by atoms with Crippen molar-refractivity contribution in [2.75, 3.05) is 49.1 Å². The third-order valence-electron chi connectivity index (χ3n) is 8.25. The molecule has 5 rings (SSSR count). The average Bonchev–Trinajstić information content (AvgIpc) is 3.00. The van der Waals surface area contributed by atoms with Crippen LogP contribution in [0.4, 0.5) is 11.6 Å².